The average Bonchev–Trinajstić information content (AvgIpc) is 2.55. The number of rotatable bonds is 5. The summed E-state index contributed by atoms with van der Waals surface area (Å²) in [6.45, 7) is 5.34. The van der Waals surface area contributed by atoms with Crippen LogP contribution in [0.2, 0.25) is 0 Å². The molecule has 5 heteroatoms. The summed E-state index contributed by atoms with van der Waals surface area (Å²) >= 11 is 0. The molecule has 0 heterocycles. The van der Waals surface area contributed by atoms with E-state index in [9.17, 15) is 18.7 Å². The number of benzene rings is 2. The van der Waals surface area contributed by atoms with Crippen LogP contribution in [0.1, 0.15) is 42.6 Å². The smallest absolute Gasteiger partial charge is 0.227 e. The number of carbonyl (C=O) groups excluding carboxylic acids is 1. The molecule has 2 rings (SSSR count). The Morgan fingerprint density at radius 2 is 1.75 bits per heavy atom. The van der Waals surface area contributed by atoms with Gasteiger partial charge < -0.3 is 10.4 Å². The van der Waals surface area contributed by atoms with Crippen LogP contribution in [-0.2, 0) is 4.79 Å². The lowest BCUT2D eigenvalue weighted by molar-refractivity contribution is -0.123. The van der Waals surface area contributed by atoms with Gasteiger partial charge in [-0.05, 0) is 44.0 Å². The van der Waals surface area contributed by atoms with Gasteiger partial charge >= 0.3 is 0 Å². The quantitative estimate of drug-likeness (QED) is 0.878. The molecule has 0 bridgehead atoms. The first-order chi connectivity index (χ1) is 11.3. The number of aryl methyl sites for hydroxylation is 1. The zero-order valence-electron chi connectivity index (χ0n) is 13.9. The van der Waals surface area contributed by atoms with E-state index in [1.165, 1.54) is 6.07 Å². The van der Waals surface area contributed by atoms with E-state index in [0.717, 1.165) is 23.3 Å². The first-order valence-corrected chi connectivity index (χ1v) is 7.79. The molecule has 0 saturated carbocycles. The van der Waals surface area contributed by atoms with Crippen LogP contribution in [0.4, 0.5) is 8.78 Å². The number of aliphatic hydroxyl groups excluding tert-OH is 1. The van der Waals surface area contributed by atoms with Crippen molar-refractivity contribution in [3.8, 4) is 0 Å². The van der Waals surface area contributed by atoms with E-state index < -0.39 is 23.8 Å². The maximum atomic E-state index is 13.3. The van der Waals surface area contributed by atoms with E-state index in [2.05, 4.69) is 5.32 Å². The Hall–Kier alpha value is -2.27. The maximum absolute atomic E-state index is 13.3. The molecule has 0 spiro atoms. The molecule has 2 aromatic rings. The number of amides is 1. The predicted molar refractivity (Wildman–Crippen MR) is 88.5 cm³/mol. The largest absolute Gasteiger partial charge is 0.386 e. The van der Waals surface area contributed by atoms with Crippen LogP contribution in [0.3, 0.4) is 0 Å². The van der Waals surface area contributed by atoms with Crippen molar-refractivity contribution in [2.75, 3.05) is 0 Å². The summed E-state index contributed by atoms with van der Waals surface area (Å²) in [5, 5.41) is 13.0. The van der Waals surface area contributed by atoms with Crippen LogP contribution in [-0.4, -0.2) is 17.1 Å². The summed E-state index contributed by atoms with van der Waals surface area (Å²) in [6, 6.07) is 10.2. The lowest BCUT2D eigenvalue weighted by Gasteiger charge is -2.23. The summed E-state index contributed by atoms with van der Waals surface area (Å²) in [4.78, 5) is 12.4. The third-order valence-electron chi connectivity index (χ3n) is 4.06. The molecule has 0 aliphatic carbocycles. The highest BCUT2D eigenvalue weighted by Crippen LogP contribution is 2.21. The van der Waals surface area contributed by atoms with Gasteiger partial charge in [-0.25, -0.2) is 8.78 Å². The fourth-order valence-corrected chi connectivity index (χ4v) is 2.50. The van der Waals surface area contributed by atoms with Crippen LogP contribution in [0.15, 0.2) is 42.5 Å². The summed E-state index contributed by atoms with van der Waals surface area (Å²) in [7, 11) is 0. The molecular weight excluding hydrogens is 312 g/mol. The second kappa shape index (κ2) is 7.53. The van der Waals surface area contributed by atoms with Gasteiger partial charge in [0.15, 0.2) is 11.6 Å². The minimum absolute atomic E-state index is 0.213. The maximum Gasteiger partial charge on any atom is 0.227 e. The molecule has 2 aromatic carbocycles. The fraction of sp³-hybridized carbons (Fsp3) is 0.316. The summed E-state index contributed by atoms with van der Waals surface area (Å²) < 4.78 is 26.3. The van der Waals surface area contributed by atoms with Gasteiger partial charge in [-0.3, -0.25) is 4.79 Å². The van der Waals surface area contributed by atoms with Crippen molar-refractivity contribution in [3.05, 3.63) is 70.8 Å². The number of carbonyl (C=O) groups is 1. The van der Waals surface area contributed by atoms with Gasteiger partial charge in [0.25, 0.3) is 0 Å². The minimum Gasteiger partial charge on any atom is -0.386 e. The molecule has 1 amide bonds. The fourth-order valence-electron chi connectivity index (χ4n) is 2.50. The molecule has 0 aliphatic rings. The van der Waals surface area contributed by atoms with E-state index in [1.54, 1.807) is 13.8 Å². The second-order valence-electron chi connectivity index (χ2n) is 6.05. The minimum atomic E-state index is -1.13. The average molecular weight is 333 g/mol. The number of hydrogen-bond acceptors (Lipinski definition) is 2. The van der Waals surface area contributed by atoms with Crippen molar-refractivity contribution in [3.63, 3.8) is 0 Å². The third kappa shape index (κ3) is 4.17. The van der Waals surface area contributed by atoms with E-state index in [-0.39, 0.29) is 17.4 Å². The van der Waals surface area contributed by atoms with Gasteiger partial charge in [0.05, 0.1) is 18.1 Å². The first-order valence-electron chi connectivity index (χ1n) is 7.79. The first kappa shape index (κ1) is 18.1. The predicted octanol–water partition coefficient (Wildman–Crippen LogP) is 3.62. The zero-order chi connectivity index (χ0) is 17.9. The molecule has 0 saturated heterocycles. The van der Waals surface area contributed by atoms with Crippen molar-refractivity contribution >= 4 is 5.91 Å². The monoisotopic (exact) mass is 333 g/mol. The Labute approximate surface area is 140 Å². The lowest BCUT2D eigenvalue weighted by Crippen LogP contribution is -2.39. The Morgan fingerprint density at radius 1 is 1.04 bits per heavy atom. The van der Waals surface area contributed by atoms with E-state index in [0.29, 0.717) is 0 Å². The van der Waals surface area contributed by atoms with Crippen LogP contribution < -0.4 is 5.32 Å². The van der Waals surface area contributed by atoms with Crippen LogP contribution in [0, 0.1) is 18.6 Å². The number of aliphatic hydroxyl groups is 1. The lowest BCUT2D eigenvalue weighted by atomic mass is 9.97. The Balaban J connectivity index is 2.06. The number of hydrogen-bond donors (Lipinski definition) is 2. The normalized spacial score (nSPS) is 14.8. The SMILES string of the molecule is Cc1cccc(C(C)C(=O)NC(C)C(O)c2ccc(F)c(F)c2)c1. The van der Waals surface area contributed by atoms with Gasteiger partial charge in [0.2, 0.25) is 5.91 Å². The molecular formula is C19H21F2NO2. The van der Waals surface area contributed by atoms with Crippen LogP contribution in [0.5, 0.6) is 0 Å². The molecule has 0 fully saturated rings. The molecule has 24 heavy (non-hydrogen) atoms. The molecule has 0 aromatic heterocycles. The van der Waals surface area contributed by atoms with Gasteiger partial charge in [-0.1, -0.05) is 35.9 Å². The summed E-state index contributed by atoms with van der Waals surface area (Å²) in [5.74, 6) is -2.63. The molecule has 3 nitrogen and oxygen atoms in total. The highest BCUT2D eigenvalue weighted by atomic mass is 19.2. The van der Waals surface area contributed by atoms with Gasteiger partial charge in [-0.2, -0.15) is 0 Å². The zero-order valence-corrected chi connectivity index (χ0v) is 13.9. The van der Waals surface area contributed by atoms with Crippen molar-refractivity contribution in [2.45, 2.75) is 38.8 Å². The Bertz CT molecular complexity index is 733. The van der Waals surface area contributed by atoms with Crippen molar-refractivity contribution in [2.24, 2.45) is 0 Å². The Kier molecular flexibility index (Phi) is 5.67. The molecule has 0 radical (unpaired) electrons. The molecule has 3 atom stereocenters. The highest BCUT2D eigenvalue weighted by molar-refractivity contribution is 5.83. The van der Waals surface area contributed by atoms with Gasteiger partial charge in [0.1, 0.15) is 0 Å². The topological polar surface area (TPSA) is 49.3 Å². The molecule has 128 valence electrons. The molecule has 0 aliphatic heterocycles. The van der Waals surface area contributed by atoms with Crippen molar-refractivity contribution < 1.29 is 18.7 Å². The van der Waals surface area contributed by atoms with E-state index in [1.807, 2.05) is 31.2 Å². The van der Waals surface area contributed by atoms with Crippen LogP contribution in [0.25, 0.3) is 0 Å². The van der Waals surface area contributed by atoms with E-state index >= 15 is 0 Å². The molecule has 2 N–H and O–H groups in total. The summed E-state index contributed by atoms with van der Waals surface area (Å²) in [5.41, 5.74) is 2.15. The second-order valence-corrected chi connectivity index (χ2v) is 6.05. The molecule has 3 unspecified atom stereocenters. The van der Waals surface area contributed by atoms with Crippen LogP contribution >= 0.6 is 0 Å². The highest BCUT2D eigenvalue weighted by Gasteiger charge is 2.23. The van der Waals surface area contributed by atoms with E-state index in [4.69, 9.17) is 0 Å². The van der Waals surface area contributed by atoms with Gasteiger partial charge in [0, 0.05) is 0 Å². The Morgan fingerprint density at radius 3 is 2.38 bits per heavy atom. The standard InChI is InChI=1S/C19H21F2NO2/c1-11-5-4-6-14(9-11)12(2)19(24)22-13(3)18(23)15-7-8-16(20)17(21)10-15/h4-10,12-13,18,23H,1-3H3,(H,22,24). The number of nitrogens with one attached hydrogen (secondary N) is 1. The van der Waals surface area contributed by atoms with Gasteiger partial charge in [-0.15, -0.1) is 0 Å². The van der Waals surface area contributed by atoms with Crippen molar-refractivity contribution in [1.82, 2.24) is 5.32 Å². The third-order valence-corrected chi connectivity index (χ3v) is 4.06. The summed E-state index contributed by atoms with van der Waals surface area (Å²) in [6.07, 6.45) is -1.13. The van der Waals surface area contributed by atoms with Crippen molar-refractivity contribution in [1.29, 1.82) is 0 Å². The number of halogens is 2.